The second-order valence-electron chi connectivity index (χ2n) is 5.43. The second-order valence-corrected chi connectivity index (χ2v) is 5.43. The van der Waals surface area contributed by atoms with Gasteiger partial charge in [0.05, 0.1) is 12.8 Å². The van der Waals surface area contributed by atoms with Crippen LogP contribution in [0.5, 0.6) is 5.75 Å². The third kappa shape index (κ3) is 2.73. The molecule has 22 heavy (non-hydrogen) atoms. The fourth-order valence-electron chi connectivity index (χ4n) is 2.53. The number of aryl methyl sites for hydroxylation is 2. The Hall–Kier alpha value is -2.61. The minimum Gasteiger partial charge on any atom is -0.496 e. The van der Waals surface area contributed by atoms with Crippen LogP contribution in [0.25, 0.3) is 10.8 Å². The third-order valence-corrected chi connectivity index (χ3v) is 3.98. The maximum Gasteiger partial charge on any atom is 0.128 e. The van der Waals surface area contributed by atoms with Crippen molar-refractivity contribution in [3.05, 3.63) is 71.3 Å². The van der Waals surface area contributed by atoms with Crippen LogP contribution in [0.4, 0.5) is 5.69 Å². The highest BCUT2D eigenvalue weighted by molar-refractivity contribution is 6.03. The molecule has 110 valence electrons. The van der Waals surface area contributed by atoms with Crippen molar-refractivity contribution in [2.75, 3.05) is 7.11 Å². The molecule has 0 aromatic heterocycles. The van der Waals surface area contributed by atoms with E-state index in [1.54, 1.807) is 7.11 Å². The van der Waals surface area contributed by atoms with Crippen molar-refractivity contribution >= 4 is 22.7 Å². The molecule has 3 aromatic carbocycles. The van der Waals surface area contributed by atoms with Crippen molar-refractivity contribution < 1.29 is 4.74 Å². The highest BCUT2D eigenvalue weighted by Gasteiger charge is 2.05. The van der Waals surface area contributed by atoms with Gasteiger partial charge in [-0.1, -0.05) is 36.4 Å². The minimum atomic E-state index is 0.839. The highest BCUT2D eigenvalue weighted by Crippen LogP contribution is 2.27. The fourth-order valence-corrected chi connectivity index (χ4v) is 2.53. The summed E-state index contributed by atoms with van der Waals surface area (Å²) in [5.74, 6) is 0.839. The van der Waals surface area contributed by atoms with Crippen molar-refractivity contribution in [2.45, 2.75) is 13.8 Å². The molecule has 3 rings (SSSR count). The highest BCUT2D eigenvalue weighted by atomic mass is 16.5. The first-order chi connectivity index (χ1) is 10.7. The lowest BCUT2D eigenvalue weighted by Crippen LogP contribution is -1.92. The number of nitrogens with zero attached hydrogens (tertiary/aromatic N) is 1. The first-order valence-electron chi connectivity index (χ1n) is 7.36. The molecule has 0 aliphatic carbocycles. The van der Waals surface area contributed by atoms with E-state index in [0.717, 1.165) is 22.4 Å². The van der Waals surface area contributed by atoms with Gasteiger partial charge in [0.25, 0.3) is 0 Å². The lowest BCUT2D eigenvalue weighted by molar-refractivity contribution is 0.415. The molecule has 0 unspecified atom stereocenters. The normalized spacial score (nSPS) is 11.2. The van der Waals surface area contributed by atoms with Gasteiger partial charge in [0.1, 0.15) is 5.75 Å². The van der Waals surface area contributed by atoms with E-state index in [-0.39, 0.29) is 0 Å². The largest absolute Gasteiger partial charge is 0.496 e. The zero-order valence-corrected chi connectivity index (χ0v) is 13.1. The van der Waals surface area contributed by atoms with Gasteiger partial charge in [0, 0.05) is 11.8 Å². The standard InChI is InChI=1S/C20H19NO/c1-14-8-10-17(12-15(14)2)21-13-19-18-7-5-4-6-16(18)9-11-20(19)22-3/h4-13H,1-3H3. The van der Waals surface area contributed by atoms with Gasteiger partial charge < -0.3 is 4.74 Å². The van der Waals surface area contributed by atoms with E-state index in [1.165, 1.54) is 16.5 Å². The van der Waals surface area contributed by atoms with Gasteiger partial charge in [0.2, 0.25) is 0 Å². The van der Waals surface area contributed by atoms with E-state index in [1.807, 2.05) is 30.5 Å². The molecule has 2 heteroatoms. The third-order valence-electron chi connectivity index (χ3n) is 3.98. The van der Waals surface area contributed by atoms with Gasteiger partial charge in [-0.2, -0.15) is 0 Å². The average Bonchev–Trinajstić information content (AvgIpc) is 2.55. The van der Waals surface area contributed by atoms with Crippen molar-refractivity contribution in [3.8, 4) is 5.75 Å². The Labute approximate surface area is 131 Å². The number of methoxy groups -OCH3 is 1. The van der Waals surface area contributed by atoms with Crippen LogP contribution in [-0.2, 0) is 0 Å². The summed E-state index contributed by atoms with van der Waals surface area (Å²) < 4.78 is 5.49. The molecule has 0 heterocycles. The van der Waals surface area contributed by atoms with Gasteiger partial charge >= 0.3 is 0 Å². The summed E-state index contributed by atoms with van der Waals surface area (Å²) in [5, 5.41) is 2.33. The van der Waals surface area contributed by atoms with Crippen molar-refractivity contribution in [1.29, 1.82) is 0 Å². The van der Waals surface area contributed by atoms with Crippen LogP contribution in [0.2, 0.25) is 0 Å². The summed E-state index contributed by atoms with van der Waals surface area (Å²) in [6.45, 7) is 4.21. The van der Waals surface area contributed by atoms with Crippen molar-refractivity contribution in [1.82, 2.24) is 0 Å². The Morgan fingerprint density at radius 2 is 1.73 bits per heavy atom. The molecule has 0 N–H and O–H groups in total. The molecule has 0 aliphatic rings. The number of hydrogen-bond acceptors (Lipinski definition) is 2. The zero-order valence-electron chi connectivity index (χ0n) is 13.1. The van der Waals surface area contributed by atoms with Crippen LogP contribution in [-0.4, -0.2) is 13.3 Å². The number of ether oxygens (including phenoxy) is 1. The molecule has 0 radical (unpaired) electrons. The smallest absolute Gasteiger partial charge is 0.128 e. The van der Waals surface area contributed by atoms with Crippen LogP contribution < -0.4 is 4.74 Å². The molecule has 0 saturated heterocycles. The van der Waals surface area contributed by atoms with E-state index in [2.05, 4.69) is 49.2 Å². The summed E-state index contributed by atoms with van der Waals surface area (Å²) >= 11 is 0. The van der Waals surface area contributed by atoms with E-state index in [9.17, 15) is 0 Å². The number of fused-ring (bicyclic) bond motifs is 1. The monoisotopic (exact) mass is 289 g/mol. The maximum absolute atomic E-state index is 5.49. The molecule has 0 saturated carbocycles. The molecular weight excluding hydrogens is 270 g/mol. The Balaban J connectivity index is 2.08. The van der Waals surface area contributed by atoms with Crippen molar-refractivity contribution in [2.24, 2.45) is 4.99 Å². The molecule has 0 amide bonds. The van der Waals surface area contributed by atoms with Crippen LogP contribution in [0, 0.1) is 13.8 Å². The van der Waals surface area contributed by atoms with Crippen LogP contribution >= 0.6 is 0 Å². The molecule has 0 spiro atoms. The lowest BCUT2D eigenvalue weighted by Gasteiger charge is -2.08. The van der Waals surface area contributed by atoms with Gasteiger partial charge in [-0.05, 0) is 53.9 Å². The first-order valence-corrected chi connectivity index (χ1v) is 7.36. The first kappa shape index (κ1) is 14.3. The summed E-state index contributed by atoms with van der Waals surface area (Å²) in [5.41, 5.74) is 4.50. The molecule has 0 aliphatic heterocycles. The van der Waals surface area contributed by atoms with E-state index >= 15 is 0 Å². The predicted molar refractivity (Wildman–Crippen MR) is 93.7 cm³/mol. The van der Waals surface area contributed by atoms with Crippen LogP contribution in [0.3, 0.4) is 0 Å². The molecular formula is C20H19NO. The summed E-state index contributed by atoms with van der Waals surface area (Å²) in [6, 6.07) is 18.6. The van der Waals surface area contributed by atoms with Crippen LogP contribution in [0.15, 0.2) is 59.6 Å². The molecule has 3 aromatic rings. The maximum atomic E-state index is 5.49. The number of rotatable bonds is 3. The lowest BCUT2D eigenvalue weighted by atomic mass is 10.0. The van der Waals surface area contributed by atoms with E-state index in [4.69, 9.17) is 4.74 Å². The summed E-state index contributed by atoms with van der Waals surface area (Å²) in [7, 11) is 1.69. The molecule has 0 atom stereocenters. The summed E-state index contributed by atoms with van der Waals surface area (Å²) in [6.07, 6.45) is 1.89. The number of benzene rings is 3. The second kappa shape index (κ2) is 6.02. The Morgan fingerprint density at radius 3 is 2.50 bits per heavy atom. The fraction of sp³-hybridized carbons (Fsp3) is 0.150. The van der Waals surface area contributed by atoms with Crippen LogP contribution in [0.1, 0.15) is 16.7 Å². The topological polar surface area (TPSA) is 21.6 Å². The Morgan fingerprint density at radius 1 is 0.909 bits per heavy atom. The Kier molecular flexibility index (Phi) is 3.92. The number of aliphatic imine (C=N–C) groups is 1. The molecule has 0 fully saturated rings. The quantitative estimate of drug-likeness (QED) is 0.606. The van der Waals surface area contributed by atoms with Gasteiger partial charge in [-0.25, -0.2) is 0 Å². The van der Waals surface area contributed by atoms with Gasteiger partial charge in [-0.3, -0.25) is 4.99 Å². The molecule has 0 bridgehead atoms. The SMILES string of the molecule is COc1ccc2ccccc2c1C=Nc1ccc(C)c(C)c1. The molecule has 2 nitrogen and oxygen atoms in total. The zero-order chi connectivity index (χ0) is 15.5. The average molecular weight is 289 g/mol. The Bertz CT molecular complexity index is 849. The predicted octanol–water partition coefficient (Wildman–Crippen LogP) is 5.22. The minimum absolute atomic E-state index is 0.839. The van der Waals surface area contributed by atoms with Gasteiger partial charge in [0.15, 0.2) is 0 Å². The van der Waals surface area contributed by atoms with E-state index in [0.29, 0.717) is 0 Å². The summed E-state index contributed by atoms with van der Waals surface area (Å²) in [4.78, 5) is 4.63. The number of hydrogen-bond donors (Lipinski definition) is 0. The van der Waals surface area contributed by atoms with Gasteiger partial charge in [-0.15, -0.1) is 0 Å². The van der Waals surface area contributed by atoms with E-state index < -0.39 is 0 Å². The van der Waals surface area contributed by atoms with Crippen molar-refractivity contribution in [3.63, 3.8) is 0 Å².